The van der Waals surface area contributed by atoms with E-state index in [-0.39, 0.29) is 29.7 Å². The van der Waals surface area contributed by atoms with Crippen molar-refractivity contribution in [2.24, 2.45) is 0 Å². The van der Waals surface area contributed by atoms with Crippen LogP contribution in [0.3, 0.4) is 0 Å². The molecule has 0 aliphatic rings. The van der Waals surface area contributed by atoms with Crippen LogP contribution in [0, 0.1) is 5.82 Å². The molecule has 0 aromatic heterocycles. The number of phenolic OH excluding ortho intramolecular Hbond substituents is 1. The molecule has 0 saturated heterocycles. The Morgan fingerprint density at radius 3 is 2.21 bits per heavy atom. The van der Waals surface area contributed by atoms with Crippen LogP contribution in [-0.4, -0.2) is 31.3 Å². The molecule has 4 rings (SSSR count). The minimum atomic E-state index is -3.45. The zero-order valence-electron chi connectivity index (χ0n) is 21.5. The number of amides is 1. The van der Waals surface area contributed by atoms with Crippen LogP contribution in [0.25, 0.3) is 11.1 Å². The van der Waals surface area contributed by atoms with Gasteiger partial charge in [-0.3, -0.25) is 9.52 Å². The van der Waals surface area contributed by atoms with Crippen molar-refractivity contribution in [2.45, 2.75) is 25.5 Å². The summed E-state index contributed by atoms with van der Waals surface area (Å²) in [7, 11) is -3.45. The lowest BCUT2D eigenvalue weighted by Crippen LogP contribution is -2.22. The standard InChI is InChI=1S/C30H29FN2O5S/c1-20(2)39(36,37)33-26-5-3-4-21(18-26)16-17-38-29-15-12-25(19-28(29)31)32-30(35)24-8-6-22(7-9-24)23-10-13-27(34)14-11-23/h3-15,18-20,33-34H,16-17H2,1-2H3,(H,32,35). The molecular weight excluding hydrogens is 519 g/mol. The maximum absolute atomic E-state index is 14.7. The minimum absolute atomic E-state index is 0.0444. The van der Waals surface area contributed by atoms with Gasteiger partial charge in [0.25, 0.3) is 5.91 Å². The Hall–Kier alpha value is -4.37. The predicted octanol–water partition coefficient (Wildman–Crippen LogP) is 6.22. The van der Waals surface area contributed by atoms with Crippen LogP contribution in [-0.2, 0) is 16.4 Å². The Bertz CT molecular complexity index is 1550. The molecule has 0 spiro atoms. The molecule has 0 heterocycles. The summed E-state index contributed by atoms with van der Waals surface area (Å²) >= 11 is 0. The molecule has 9 heteroatoms. The first-order valence-corrected chi connectivity index (χ1v) is 13.9. The molecule has 0 radical (unpaired) electrons. The van der Waals surface area contributed by atoms with Crippen LogP contribution in [0.5, 0.6) is 11.5 Å². The van der Waals surface area contributed by atoms with E-state index >= 15 is 0 Å². The second kappa shape index (κ2) is 12.0. The molecular formula is C30H29FN2O5S. The van der Waals surface area contributed by atoms with Gasteiger partial charge in [0.1, 0.15) is 5.75 Å². The molecule has 0 bridgehead atoms. The van der Waals surface area contributed by atoms with Gasteiger partial charge in [-0.05, 0) is 79.1 Å². The van der Waals surface area contributed by atoms with Gasteiger partial charge in [-0.15, -0.1) is 0 Å². The highest BCUT2D eigenvalue weighted by Gasteiger charge is 2.15. The van der Waals surface area contributed by atoms with Crippen LogP contribution in [0.15, 0.2) is 91.0 Å². The molecule has 0 unspecified atom stereocenters. The van der Waals surface area contributed by atoms with Gasteiger partial charge < -0.3 is 15.2 Å². The molecule has 0 fully saturated rings. The van der Waals surface area contributed by atoms with Crippen molar-refractivity contribution in [3.05, 3.63) is 108 Å². The minimum Gasteiger partial charge on any atom is -0.508 e. The number of hydrogen-bond donors (Lipinski definition) is 3. The number of carbonyl (C=O) groups is 1. The highest BCUT2D eigenvalue weighted by atomic mass is 32.2. The van der Waals surface area contributed by atoms with Gasteiger partial charge in [0.15, 0.2) is 11.6 Å². The van der Waals surface area contributed by atoms with E-state index in [9.17, 15) is 22.7 Å². The molecule has 0 aliphatic heterocycles. The molecule has 4 aromatic carbocycles. The second-order valence-corrected chi connectivity index (χ2v) is 11.5. The van der Waals surface area contributed by atoms with E-state index < -0.39 is 21.1 Å². The Balaban J connectivity index is 1.32. The van der Waals surface area contributed by atoms with E-state index in [0.29, 0.717) is 17.7 Å². The van der Waals surface area contributed by atoms with Crippen LogP contribution in [0.4, 0.5) is 15.8 Å². The van der Waals surface area contributed by atoms with Crippen LogP contribution < -0.4 is 14.8 Å². The van der Waals surface area contributed by atoms with Gasteiger partial charge in [-0.2, -0.15) is 0 Å². The maximum Gasteiger partial charge on any atom is 0.255 e. The van der Waals surface area contributed by atoms with E-state index in [4.69, 9.17) is 4.74 Å². The summed E-state index contributed by atoms with van der Waals surface area (Å²) in [6, 6.07) is 24.9. The third-order valence-electron chi connectivity index (χ3n) is 5.99. The number of ether oxygens (including phenoxy) is 1. The van der Waals surface area contributed by atoms with Crippen LogP contribution >= 0.6 is 0 Å². The molecule has 1 amide bonds. The fourth-order valence-electron chi connectivity index (χ4n) is 3.72. The third-order valence-corrected chi connectivity index (χ3v) is 7.75. The zero-order valence-corrected chi connectivity index (χ0v) is 22.3. The first-order valence-electron chi connectivity index (χ1n) is 12.3. The molecule has 39 heavy (non-hydrogen) atoms. The van der Waals surface area contributed by atoms with Crippen LogP contribution in [0.2, 0.25) is 0 Å². The molecule has 0 aliphatic carbocycles. The number of hydrogen-bond acceptors (Lipinski definition) is 5. The van der Waals surface area contributed by atoms with Crippen LogP contribution in [0.1, 0.15) is 29.8 Å². The lowest BCUT2D eigenvalue weighted by Gasteiger charge is -2.12. The van der Waals surface area contributed by atoms with E-state index in [1.807, 2.05) is 6.07 Å². The number of anilines is 2. The normalized spacial score (nSPS) is 11.3. The lowest BCUT2D eigenvalue weighted by molar-refractivity contribution is 0.102. The molecule has 4 aromatic rings. The number of carbonyl (C=O) groups excluding carboxylic acids is 1. The van der Waals surface area contributed by atoms with Gasteiger partial charge in [0.05, 0.1) is 11.9 Å². The smallest absolute Gasteiger partial charge is 0.255 e. The lowest BCUT2D eigenvalue weighted by atomic mass is 10.0. The highest BCUT2D eigenvalue weighted by Crippen LogP contribution is 2.24. The Morgan fingerprint density at radius 2 is 1.56 bits per heavy atom. The number of phenols is 1. The van der Waals surface area contributed by atoms with E-state index in [1.54, 1.807) is 86.6 Å². The summed E-state index contributed by atoms with van der Waals surface area (Å²) < 4.78 is 47.0. The Kier molecular flexibility index (Phi) is 8.51. The summed E-state index contributed by atoms with van der Waals surface area (Å²) in [5.74, 6) is -0.775. The van der Waals surface area contributed by atoms with E-state index in [1.165, 1.54) is 12.1 Å². The van der Waals surface area contributed by atoms with Crippen molar-refractivity contribution in [3.8, 4) is 22.6 Å². The van der Waals surface area contributed by atoms with Crippen molar-refractivity contribution in [2.75, 3.05) is 16.6 Å². The second-order valence-electron chi connectivity index (χ2n) is 9.22. The quantitative estimate of drug-likeness (QED) is 0.218. The van der Waals surface area contributed by atoms with Gasteiger partial charge in [-0.25, -0.2) is 12.8 Å². The fourth-order valence-corrected chi connectivity index (χ4v) is 4.41. The third kappa shape index (κ3) is 7.36. The molecule has 202 valence electrons. The molecule has 0 saturated carbocycles. The largest absolute Gasteiger partial charge is 0.508 e. The number of halogens is 1. The number of aromatic hydroxyl groups is 1. The predicted molar refractivity (Wildman–Crippen MR) is 151 cm³/mol. The van der Waals surface area contributed by atoms with E-state index in [0.717, 1.165) is 16.7 Å². The average Bonchev–Trinajstić information content (AvgIpc) is 2.90. The Morgan fingerprint density at radius 1 is 0.897 bits per heavy atom. The zero-order chi connectivity index (χ0) is 28.0. The summed E-state index contributed by atoms with van der Waals surface area (Å²) in [4.78, 5) is 12.6. The first-order chi connectivity index (χ1) is 18.6. The number of benzene rings is 4. The summed E-state index contributed by atoms with van der Waals surface area (Å²) in [6.45, 7) is 3.38. The van der Waals surface area contributed by atoms with Gasteiger partial charge in [0.2, 0.25) is 10.0 Å². The van der Waals surface area contributed by atoms with Crippen molar-refractivity contribution in [3.63, 3.8) is 0 Å². The topological polar surface area (TPSA) is 105 Å². The Labute approximate surface area is 227 Å². The summed E-state index contributed by atoms with van der Waals surface area (Å²) in [5, 5.41) is 11.6. The average molecular weight is 549 g/mol. The molecule has 7 nitrogen and oxygen atoms in total. The van der Waals surface area contributed by atoms with Crippen molar-refractivity contribution in [1.82, 2.24) is 0 Å². The van der Waals surface area contributed by atoms with Gasteiger partial charge in [-0.1, -0.05) is 36.4 Å². The van der Waals surface area contributed by atoms with Crippen molar-refractivity contribution >= 4 is 27.3 Å². The van der Waals surface area contributed by atoms with Gasteiger partial charge in [0, 0.05) is 29.4 Å². The van der Waals surface area contributed by atoms with Crippen molar-refractivity contribution < 1.29 is 27.4 Å². The monoisotopic (exact) mass is 548 g/mol. The molecule has 0 atom stereocenters. The summed E-state index contributed by atoms with van der Waals surface area (Å²) in [5.41, 5.74) is 3.79. The van der Waals surface area contributed by atoms with Crippen molar-refractivity contribution in [1.29, 1.82) is 0 Å². The number of nitrogens with one attached hydrogen (secondary N) is 2. The van der Waals surface area contributed by atoms with E-state index in [2.05, 4.69) is 10.0 Å². The number of sulfonamides is 1. The maximum atomic E-state index is 14.7. The fraction of sp³-hybridized carbons (Fsp3) is 0.167. The van der Waals surface area contributed by atoms with Gasteiger partial charge >= 0.3 is 0 Å². The number of rotatable bonds is 10. The highest BCUT2D eigenvalue weighted by molar-refractivity contribution is 7.93. The molecule has 3 N–H and O–H groups in total. The SMILES string of the molecule is CC(C)S(=O)(=O)Nc1cccc(CCOc2ccc(NC(=O)c3ccc(-c4ccc(O)cc4)cc3)cc2F)c1. The summed E-state index contributed by atoms with van der Waals surface area (Å²) in [6.07, 6.45) is 0.440. The first kappa shape index (κ1) is 27.7.